The summed E-state index contributed by atoms with van der Waals surface area (Å²) in [6.45, 7) is 0.709. The van der Waals surface area contributed by atoms with Crippen LogP contribution in [-0.4, -0.2) is 29.4 Å². The minimum Gasteiger partial charge on any atom is -0.393 e. The third-order valence-electron chi connectivity index (χ3n) is 2.64. The van der Waals surface area contributed by atoms with Gasteiger partial charge in [-0.25, -0.2) is 0 Å². The highest BCUT2D eigenvalue weighted by Gasteiger charge is 2.26. The van der Waals surface area contributed by atoms with Crippen molar-refractivity contribution in [2.45, 2.75) is 23.2 Å². The van der Waals surface area contributed by atoms with E-state index in [0.29, 0.717) is 18.2 Å². The molecule has 0 aromatic carbocycles. The van der Waals surface area contributed by atoms with E-state index in [9.17, 15) is 4.79 Å². The van der Waals surface area contributed by atoms with Crippen molar-refractivity contribution >= 4 is 29.0 Å². The van der Waals surface area contributed by atoms with Gasteiger partial charge in [-0.3, -0.25) is 4.79 Å². The lowest BCUT2D eigenvalue weighted by Crippen LogP contribution is -2.38. The number of carbonyl (C=O) groups excluding carboxylic acids is 1. The van der Waals surface area contributed by atoms with Crippen molar-refractivity contribution in [3.63, 3.8) is 0 Å². The zero-order valence-electron chi connectivity index (χ0n) is 8.89. The van der Waals surface area contributed by atoms with Crippen molar-refractivity contribution in [1.29, 1.82) is 0 Å². The summed E-state index contributed by atoms with van der Waals surface area (Å²) in [6, 6.07) is 4.01. The fourth-order valence-electron chi connectivity index (χ4n) is 1.66. The molecule has 0 unspecified atom stereocenters. The summed E-state index contributed by atoms with van der Waals surface area (Å²) >= 11 is 3.23. The molecule has 1 aliphatic rings. The first-order valence-electron chi connectivity index (χ1n) is 5.35. The van der Waals surface area contributed by atoms with Crippen molar-refractivity contribution in [1.82, 2.24) is 5.32 Å². The zero-order valence-corrected chi connectivity index (χ0v) is 10.5. The molecule has 1 heterocycles. The molecule has 3 nitrogen and oxygen atoms in total. The Morgan fingerprint density at radius 3 is 3.06 bits per heavy atom. The molecule has 1 amide bonds. The van der Waals surface area contributed by atoms with Crippen molar-refractivity contribution in [2.24, 2.45) is 5.92 Å². The van der Waals surface area contributed by atoms with E-state index in [2.05, 4.69) is 5.32 Å². The number of nitrogens with one attached hydrogen (secondary N) is 1. The molecule has 0 aliphatic heterocycles. The van der Waals surface area contributed by atoms with Gasteiger partial charge in [0.1, 0.15) is 0 Å². The normalized spacial score (nSPS) is 23.8. The van der Waals surface area contributed by atoms with Crippen molar-refractivity contribution in [3.8, 4) is 0 Å². The second-order valence-corrected chi connectivity index (χ2v) is 6.24. The van der Waals surface area contributed by atoms with Gasteiger partial charge >= 0.3 is 0 Å². The van der Waals surface area contributed by atoms with Crippen LogP contribution in [0.2, 0.25) is 0 Å². The van der Waals surface area contributed by atoms with Crippen LogP contribution < -0.4 is 5.32 Å². The largest absolute Gasteiger partial charge is 0.393 e. The summed E-state index contributed by atoms with van der Waals surface area (Å²) in [6.07, 6.45) is 1.53. The Labute approximate surface area is 103 Å². The van der Waals surface area contributed by atoms with Gasteiger partial charge in [-0.15, -0.1) is 23.1 Å². The second-order valence-electron chi connectivity index (χ2n) is 4.02. The molecular weight excluding hydrogens is 242 g/mol. The summed E-state index contributed by atoms with van der Waals surface area (Å²) < 4.78 is 1.18. The van der Waals surface area contributed by atoms with E-state index in [1.54, 1.807) is 23.1 Å². The van der Waals surface area contributed by atoms with E-state index >= 15 is 0 Å². The van der Waals surface area contributed by atoms with Gasteiger partial charge in [0.2, 0.25) is 5.91 Å². The lowest BCUT2D eigenvalue weighted by molar-refractivity contribution is -0.119. The van der Waals surface area contributed by atoms with Crippen molar-refractivity contribution in [2.75, 3.05) is 12.3 Å². The summed E-state index contributed by atoms with van der Waals surface area (Å²) in [5, 5.41) is 14.0. The van der Waals surface area contributed by atoms with Crippen molar-refractivity contribution in [3.05, 3.63) is 17.5 Å². The van der Waals surface area contributed by atoms with E-state index in [1.807, 2.05) is 17.5 Å². The summed E-state index contributed by atoms with van der Waals surface area (Å²) in [5.41, 5.74) is 0. The third kappa shape index (κ3) is 3.50. The number of thioether (sulfide) groups is 1. The Bertz CT molecular complexity index is 334. The Morgan fingerprint density at radius 2 is 2.44 bits per heavy atom. The quantitative estimate of drug-likeness (QED) is 0.790. The van der Waals surface area contributed by atoms with Gasteiger partial charge in [0.05, 0.1) is 16.1 Å². The molecule has 1 aromatic rings. The fraction of sp³-hybridized carbons (Fsp3) is 0.545. The summed E-state index contributed by atoms with van der Waals surface area (Å²) in [5.74, 6) is 1.04. The number of thiophene rings is 1. The zero-order chi connectivity index (χ0) is 11.4. The minimum absolute atomic E-state index is 0.0831. The molecule has 1 fully saturated rings. The maximum absolute atomic E-state index is 11.5. The van der Waals surface area contributed by atoms with Crippen molar-refractivity contribution < 1.29 is 9.90 Å². The van der Waals surface area contributed by atoms with Gasteiger partial charge in [-0.2, -0.15) is 0 Å². The van der Waals surface area contributed by atoms with E-state index in [4.69, 9.17) is 5.11 Å². The molecule has 1 saturated carbocycles. The van der Waals surface area contributed by atoms with E-state index in [0.717, 1.165) is 12.8 Å². The molecule has 16 heavy (non-hydrogen) atoms. The van der Waals surface area contributed by atoms with Crippen LogP contribution in [0.25, 0.3) is 0 Å². The maximum atomic E-state index is 11.5. The van der Waals surface area contributed by atoms with Gasteiger partial charge in [-0.05, 0) is 30.2 Å². The smallest absolute Gasteiger partial charge is 0.230 e. The summed E-state index contributed by atoms with van der Waals surface area (Å²) in [4.78, 5) is 11.5. The van der Waals surface area contributed by atoms with Crippen LogP contribution in [0, 0.1) is 5.92 Å². The Morgan fingerprint density at radius 1 is 1.62 bits per heavy atom. The van der Waals surface area contributed by atoms with E-state index < -0.39 is 0 Å². The molecular formula is C11H15NO2S2. The number of aliphatic hydroxyl groups excluding tert-OH is 1. The van der Waals surface area contributed by atoms with Crippen LogP contribution in [0.15, 0.2) is 21.7 Å². The van der Waals surface area contributed by atoms with Crippen LogP contribution in [0.5, 0.6) is 0 Å². The molecule has 88 valence electrons. The molecule has 0 bridgehead atoms. The van der Waals surface area contributed by atoms with Crippen LogP contribution in [0.3, 0.4) is 0 Å². The summed E-state index contributed by atoms with van der Waals surface area (Å²) in [7, 11) is 0. The molecule has 1 aromatic heterocycles. The molecule has 0 atom stereocenters. The predicted molar refractivity (Wildman–Crippen MR) is 66.8 cm³/mol. The number of rotatable bonds is 5. The fourth-order valence-corrected chi connectivity index (χ4v) is 3.27. The number of hydrogen-bond donors (Lipinski definition) is 2. The standard InChI is InChI=1S/C11H15NO2S2/c13-9-4-8(5-9)6-12-10(14)7-16-11-2-1-3-15-11/h1-3,8-9,13H,4-7H2,(H,12,14). The lowest BCUT2D eigenvalue weighted by Gasteiger charge is -2.31. The van der Waals surface area contributed by atoms with Gasteiger partial charge in [0, 0.05) is 6.54 Å². The molecule has 0 saturated heterocycles. The second kappa shape index (κ2) is 5.70. The van der Waals surface area contributed by atoms with Gasteiger partial charge in [-0.1, -0.05) is 6.07 Å². The van der Waals surface area contributed by atoms with Crippen LogP contribution in [-0.2, 0) is 4.79 Å². The highest BCUT2D eigenvalue weighted by atomic mass is 32.2. The van der Waals surface area contributed by atoms with Gasteiger partial charge in [0.15, 0.2) is 0 Å². The average molecular weight is 257 g/mol. The Kier molecular flexibility index (Phi) is 4.26. The van der Waals surface area contributed by atoms with E-state index in [-0.39, 0.29) is 12.0 Å². The van der Waals surface area contributed by atoms with Gasteiger partial charge < -0.3 is 10.4 Å². The Hall–Kier alpha value is -0.520. The van der Waals surface area contributed by atoms with Crippen LogP contribution in [0.1, 0.15) is 12.8 Å². The first kappa shape index (κ1) is 12.0. The van der Waals surface area contributed by atoms with Crippen LogP contribution in [0.4, 0.5) is 0 Å². The minimum atomic E-state index is -0.137. The first-order valence-corrected chi connectivity index (χ1v) is 7.21. The first-order chi connectivity index (χ1) is 7.74. The average Bonchev–Trinajstić information content (AvgIpc) is 2.72. The van der Waals surface area contributed by atoms with Gasteiger partial charge in [0.25, 0.3) is 0 Å². The molecule has 2 rings (SSSR count). The highest BCUT2D eigenvalue weighted by Crippen LogP contribution is 2.26. The SMILES string of the molecule is O=C(CSc1cccs1)NCC1CC(O)C1. The number of amides is 1. The monoisotopic (exact) mass is 257 g/mol. The van der Waals surface area contributed by atoms with Crippen LogP contribution >= 0.6 is 23.1 Å². The maximum Gasteiger partial charge on any atom is 0.230 e. The molecule has 0 radical (unpaired) electrons. The number of carbonyl (C=O) groups is 1. The molecule has 0 spiro atoms. The topological polar surface area (TPSA) is 49.3 Å². The predicted octanol–water partition coefficient (Wildman–Crippen LogP) is 1.73. The lowest BCUT2D eigenvalue weighted by atomic mass is 9.82. The van der Waals surface area contributed by atoms with E-state index in [1.165, 1.54) is 4.21 Å². The Balaban J connectivity index is 1.58. The molecule has 5 heteroatoms. The molecule has 2 N–H and O–H groups in total. The third-order valence-corrected chi connectivity index (χ3v) is 4.77. The number of aliphatic hydroxyl groups is 1. The number of hydrogen-bond acceptors (Lipinski definition) is 4. The molecule has 1 aliphatic carbocycles. The highest BCUT2D eigenvalue weighted by molar-refractivity contribution is 8.01.